The molecule has 3 aliphatic rings. The van der Waals surface area contributed by atoms with Gasteiger partial charge >= 0.3 is 5.69 Å². The molecule has 45 heavy (non-hydrogen) atoms. The van der Waals surface area contributed by atoms with Crippen LogP contribution >= 0.6 is 0 Å². The van der Waals surface area contributed by atoms with Crippen LogP contribution in [-0.2, 0) is 33.3 Å². The number of ether oxygens (including phenoxy) is 5. The van der Waals surface area contributed by atoms with E-state index in [1.807, 2.05) is 0 Å². The van der Waals surface area contributed by atoms with E-state index in [2.05, 4.69) is 15.6 Å². The minimum Gasteiger partial charge on any atom is -0.394 e. The Morgan fingerprint density at radius 3 is 2.02 bits per heavy atom. The summed E-state index contributed by atoms with van der Waals surface area (Å²) in [4.78, 5) is 39.7. The standard InChI is InChI=1S/C25H39N5O15/c1-8(33)27-14-18(37)16(35)10(5-31)43-24(14)45-21-11(6-32)44-23(15(19(21)38)28-9(2)34)41-7-12-17(36)20(39)22(42-12)30-4-3-13(26)29-25(30)40/h3-4,10-12,14-24,31-32,35-39H,5-7H2,1-2H3,(H,27,33)(H,28,34)(H2,26,29,40)/t10-,11-,12-,14-,15-,16-,17-,18-,19-,20+,21-,22-,23-,24+/m1/s1. The van der Waals surface area contributed by atoms with E-state index >= 15 is 0 Å². The molecule has 0 aliphatic carbocycles. The number of nitrogens with two attached hydrogens (primary N) is 1. The van der Waals surface area contributed by atoms with Crippen molar-refractivity contribution in [2.24, 2.45) is 0 Å². The number of nitrogens with zero attached hydrogens (tertiary/aromatic N) is 2. The van der Waals surface area contributed by atoms with E-state index in [0.717, 1.165) is 18.4 Å². The van der Waals surface area contributed by atoms with Crippen molar-refractivity contribution >= 4 is 17.6 Å². The summed E-state index contributed by atoms with van der Waals surface area (Å²) < 4.78 is 29.5. The normalized spacial score (nSPS) is 40.2. The van der Waals surface area contributed by atoms with E-state index in [4.69, 9.17) is 29.4 Å². The quantitative estimate of drug-likeness (QED) is 0.113. The molecule has 0 aromatic carbocycles. The van der Waals surface area contributed by atoms with Gasteiger partial charge in [0.15, 0.2) is 18.8 Å². The summed E-state index contributed by atoms with van der Waals surface area (Å²) in [5.74, 6) is -1.33. The zero-order valence-electron chi connectivity index (χ0n) is 24.2. The summed E-state index contributed by atoms with van der Waals surface area (Å²) in [6, 6.07) is -1.48. The Hall–Kier alpha value is -2.86. The molecule has 14 atom stereocenters. The fourth-order valence-corrected chi connectivity index (χ4v) is 5.41. The van der Waals surface area contributed by atoms with Crippen molar-refractivity contribution in [1.82, 2.24) is 20.2 Å². The molecule has 3 saturated heterocycles. The van der Waals surface area contributed by atoms with Gasteiger partial charge in [0.05, 0.1) is 19.8 Å². The van der Waals surface area contributed by atoms with Crippen LogP contribution in [0.25, 0.3) is 0 Å². The van der Waals surface area contributed by atoms with Crippen LogP contribution in [0.5, 0.6) is 0 Å². The summed E-state index contributed by atoms with van der Waals surface area (Å²) in [6.07, 6.45) is -16.8. The molecule has 11 N–H and O–H groups in total. The largest absolute Gasteiger partial charge is 0.394 e. The lowest BCUT2D eigenvalue weighted by Gasteiger charge is -2.48. The summed E-state index contributed by atoms with van der Waals surface area (Å²) in [6.45, 7) is 0.256. The zero-order chi connectivity index (χ0) is 33.2. The highest BCUT2D eigenvalue weighted by molar-refractivity contribution is 5.73. The van der Waals surface area contributed by atoms with Gasteiger partial charge in [0.25, 0.3) is 0 Å². The first-order chi connectivity index (χ1) is 21.3. The number of aliphatic hydroxyl groups excluding tert-OH is 7. The lowest BCUT2D eigenvalue weighted by atomic mass is 9.94. The number of carbonyl (C=O) groups is 2. The molecular weight excluding hydrogens is 610 g/mol. The Morgan fingerprint density at radius 2 is 1.44 bits per heavy atom. The van der Waals surface area contributed by atoms with Crippen LogP contribution in [0.3, 0.4) is 0 Å². The highest BCUT2D eigenvalue weighted by Crippen LogP contribution is 2.32. The third kappa shape index (κ3) is 7.59. The van der Waals surface area contributed by atoms with Gasteiger partial charge in [-0.1, -0.05) is 0 Å². The summed E-state index contributed by atoms with van der Waals surface area (Å²) in [7, 11) is 0. The highest BCUT2D eigenvalue weighted by Gasteiger charge is 2.52. The molecule has 4 heterocycles. The van der Waals surface area contributed by atoms with Crippen LogP contribution in [0.1, 0.15) is 20.1 Å². The van der Waals surface area contributed by atoms with Gasteiger partial charge in [0.2, 0.25) is 11.8 Å². The first-order valence-corrected chi connectivity index (χ1v) is 14.0. The zero-order valence-corrected chi connectivity index (χ0v) is 24.2. The SMILES string of the molecule is CC(=O)N[C@H]1[C@H](OC[C@H]2O[C@@H](n3ccc(N)nc3=O)[C@@H](O)[C@@H]2O)O[C@H](CO)[C@@H](O[C@@H]2O[C@H](CO)[C@@H](O)[C@H](O)[C@H]2NC(C)=O)[C@@H]1O. The number of amides is 2. The number of carbonyl (C=O) groups excluding carboxylic acids is 2. The summed E-state index contributed by atoms with van der Waals surface area (Å²) in [5, 5.41) is 77.9. The lowest BCUT2D eigenvalue weighted by molar-refractivity contribution is -0.333. The van der Waals surface area contributed by atoms with Gasteiger partial charge in [-0.05, 0) is 6.07 Å². The van der Waals surface area contributed by atoms with Crippen LogP contribution < -0.4 is 22.1 Å². The third-order valence-corrected chi connectivity index (χ3v) is 7.65. The second kappa shape index (κ2) is 14.7. The van der Waals surface area contributed by atoms with Gasteiger partial charge in [0, 0.05) is 20.0 Å². The van der Waals surface area contributed by atoms with E-state index in [1.54, 1.807) is 0 Å². The highest BCUT2D eigenvalue weighted by atomic mass is 16.7. The molecule has 3 fully saturated rings. The monoisotopic (exact) mass is 649 g/mol. The van der Waals surface area contributed by atoms with Crippen molar-refractivity contribution in [2.45, 2.75) is 99.7 Å². The Labute approximate surface area is 255 Å². The first-order valence-electron chi connectivity index (χ1n) is 14.0. The minimum absolute atomic E-state index is 0.0652. The van der Waals surface area contributed by atoms with Crippen LogP contribution in [0, 0.1) is 0 Å². The second-order valence-corrected chi connectivity index (χ2v) is 10.9. The van der Waals surface area contributed by atoms with Gasteiger partial charge < -0.3 is 75.8 Å². The Bertz CT molecular complexity index is 1240. The topological polar surface area (TPSA) is 307 Å². The molecule has 0 unspecified atom stereocenters. The molecule has 20 nitrogen and oxygen atoms in total. The number of nitrogens with one attached hydrogen (secondary N) is 2. The molecule has 254 valence electrons. The molecule has 3 aliphatic heterocycles. The van der Waals surface area contributed by atoms with E-state index in [1.165, 1.54) is 12.3 Å². The lowest BCUT2D eigenvalue weighted by Crippen LogP contribution is -2.69. The van der Waals surface area contributed by atoms with Crippen LogP contribution in [0.2, 0.25) is 0 Å². The van der Waals surface area contributed by atoms with Crippen molar-refractivity contribution in [3.63, 3.8) is 0 Å². The third-order valence-electron chi connectivity index (χ3n) is 7.65. The molecule has 0 saturated carbocycles. The second-order valence-electron chi connectivity index (χ2n) is 10.9. The molecule has 0 radical (unpaired) electrons. The van der Waals surface area contributed by atoms with Gasteiger partial charge in [-0.25, -0.2) is 4.79 Å². The van der Waals surface area contributed by atoms with Crippen molar-refractivity contribution < 1.29 is 69.0 Å². The number of hydrogen-bond acceptors (Lipinski definition) is 17. The molecule has 0 bridgehead atoms. The summed E-state index contributed by atoms with van der Waals surface area (Å²) in [5.41, 5.74) is 4.65. The van der Waals surface area contributed by atoms with E-state index in [-0.39, 0.29) is 5.82 Å². The molecular formula is C25H39N5O15. The number of hydrogen-bond donors (Lipinski definition) is 10. The number of aromatic nitrogens is 2. The summed E-state index contributed by atoms with van der Waals surface area (Å²) >= 11 is 0. The minimum atomic E-state index is -1.70. The van der Waals surface area contributed by atoms with Gasteiger partial charge in [0.1, 0.15) is 72.8 Å². The number of aliphatic hydroxyl groups is 7. The fraction of sp³-hybridized carbons (Fsp3) is 0.760. The Kier molecular flexibility index (Phi) is 11.4. The van der Waals surface area contributed by atoms with Crippen molar-refractivity contribution in [3.05, 3.63) is 22.7 Å². The maximum atomic E-state index is 12.2. The maximum absolute atomic E-state index is 12.2. The average Bonchev–Trinajstić information content (AvgIpc) is 3.26. The van der Waals surface area contributed by atoms with Crippen molar-refractivity contribution in [3.8, 4) is 0 Å². The average molecular weight is 650 g/mol. The van der Waals surface area contributed by atoms with E-state index in [0.29, 0.717) is 0 Å². The number of nitrogen functional groups attached to an aromatic ring is 1. The molecule has 2 amide bonds. The van der Waals surface area contributed by atoms with Crippen LogP contribution in [-0.4, -0.2) is 157 Å². The van der Waals surface area contributed by atoms with Crippen molar-refractivity contribution in [1.29, 1.82) is 0 Å². The van der Waals surface area contributed by atoms with Crippen molar-refractivity contribution in [2.75, 3.05) is 25.6 Å². The predicted molar refractivity (Wildman–Crippen MR) is 144 cm³/mol. The van der Waals surface area contributed by atoms with Gasteiger partial charge in [-0.3, -0.25) is 14.2 Å². The molecule has 4 rings (SSSR count). The van der Waals surface area contributed by atoms with Crippen LogP contribution in [0.15, 0.2) is 17.1 Å². The molecule has 1 aromatic rings. The van der Waals surface area contributed by atoms with E-state index < -0.39 is 123 Å². The predicted octanol–water partition coefficient (Wildman–Crippen LogP) is -6.63. The Balaban J connectivity index is 1.50. The molecule has 20 heteroatoms. The number of anilines is 1. The Morgan fingerprint density at radius 1 is 0.867 bits per heavy atom. The maximum Gasteiger partial charge on any atom is 0.351 e. The smallest absolute Gasteiger partial charge is 0.351 e. The molecule has 0 spiro atoms. The fourth-order valence-electron chi connectivity index (χ4n) is 5.41. The first kappa shape index (κ1) is 35.0. The van der Waals surface area contributed by atoms with E-state index in [9.17, 15) is 50.1 Å². The molecule has 1 aromatic heterocycles. The van der Waals surface area contributed by atoms with Crippen LogP contribution in [0.4, 0.5) is 5.82 Å². The number of rotatable bonds is 10. The van der Waals surface area contributed by atoms with Gasteiger partial charge in [-0.2, -0.15) is 4.98 Å². The van der Waals surface area contributed by atoms with Gasteiger partial charge in [-0.15, -0.1) is 0 Å².